The van der Waals surface area contributed by atoms with Gasteiger partial charge in [-0.25, -0.2) is 0 Å². The highest BCUT2D eigenvalue weighted by Gasteiger charge is 2.30. The van der Waals surface area contributed by atoms with Crippen molar-refractivity contribution in [1.29, 1.82) is 0 Å². The second kappa shape index (κ2) is 8.22. The summed E-state index contributed by atoms with van der Waals surface area (Å²) in [7, 11) is 0. The first-order valence-corrected chi connectivity index (χ1v) is 11.1. The lowest BCUT2D eigenvalue weighted by atomic mass is 10.3. The molecule has 0 unspecified atom stereocenters. The van der Waals surface area contributed by atoms with Crippen molar-refractivity contribution in [3.63, 3.8) is 0 Å². The number of rotatable bonds is 7. The topological polar surface area (TPSA) is 59.8 Å². The molecule has 0 radical (unpaired) electrons. The zero-order valence-electron chi connectivity index (χ0n) is 14.2. The maximum absolute atomic E-state index is 12.3. The van der Waals surface area contributed by atoms with Gasteiger partial charge >= 0.3 is 0 Å². The quantitative estimate of drug-likeness (QED) is 0.508. The highest BCUT2D eigenvalue weighted by molar-refractivity contribution is 7.99. The Bertz CT molecular complexity index is 954. The van der Waals surface area contributed by atoms with Crippen LogP contribution < -0.4 is 5.32 Å². The van der Waals surface area contributed by atoms with Gasteiger partial charge in [-0.2, -0.15) is 0 Å². The van der Waals surface area contributed by atoms with Crippen LogP contribution in [0.25, 0.3) is 0 Å². The van der Waals surface area contributed by atoms with E-state index in [-0.39, 0.29) is 11.7 Å². The largest absolute Gasteiger partial charge is 0.324 e. The number of hydrogen-bond acceptors (Lipinski definition) is 5. The standard InChI is InChI=1S/C18H16Cl2N4OS2/c19-13-4-1-5-14(17(13)20)21-16(25)10-27-18-23-22-15(24(18)11-6-7-11)9-12-3-2-8-26-12/h1-5,8,11H,6-7,9-10H2,(H,21,25). The fraction of sp³-hybridized carbons (Fsp3) is 0.278. The van der Waals surface area contributed by atoms with Gasteiger partial charge in [-0.1, -0.05) is 47.1 Å². The molecule has 0 bridgehead atoms. The number of thiophene rings is 1. The minimum absolute atomic E-state index is 0.158. The van der Waals surface area contributed by atoms with E-state index >= 15 is 0 Å². The summed E-state index contributed by atoms with van der Waals surface area (Å²) in [6, 6.07) is 9.74. The van der Waals surface area contributed by atoms with Crippen LogP contribution in [0.5, 0.6) is 0 Å². The highest BCUT2D eigenvalue weighted by Crippen LogP contribution is 2.39. The van der Waals surface area contributed by atoms with E-state index in [1.54, 1.807) is 29.5 Å². The predicted octanol–water partition coefficient (Wildman–Crippen LogP) is 5.30. The van der Waals surface area contributed by atoms with Gasteiger partial charge in [0.15, 0.2) is 5.16 Å². The summed E-state index contributed by atoms with van der Waals surface area (Å²) in [5.41, 5.74) is 0.511. The minimum Gasteiger partial charge on any atom is -0.324 e. The number of halogens is 2. The summed E-state index contributed by atoms with van der Waals surface area (Å²) in [4.78, 5) is 13.6. The van der Waals surface area contributed by atoms with Crippen molar-refractivity contribution in [3.05, 3.63) is 56.5 Å². The second-order valence-corrected chi connectivity index (χ2v) is 8.95. The fourth-order valence-corrected chi connectivity index (χ4v) is 4.59. The van der Waals surface area contributed by atoms with E-state index in [2.05, 4.69) is 31.5 Å². The lowest BCUT2D eigenvalue weighted by Gasteiger charge is -2.09. The van der Waals surface area contributed by atoms with Crippen LogP contribution in [0, 0.1) is 0 Å². The molecule has 1 aromatic carbocycles. The Morgan fingerprint density at radius 2 is 2.11 bits per heavy atom. The van der Waals surface area contributed by atoms with E-state index in [9.17, 15) is 4.79 Å². The first-order chi connectivity index (χ1) is 13.1. The average Bonchev–Trinajstić information content (AvgIpc) is 3.20. The van der Waals surface area contributed by atoms with Crippen LogP contribution in [0.2, 0.25) is 10.0 Å². The van der Waals surface area contributed by atoms with Crippen molar-refractivity contribution >= 4 is 57.9 Å². The number of thioether (sulfide) groups is 1. The molecule has 9 heteroatoms. The molecule has 1 aliphatic rings. The van der Waals surface area contributed by atoms with Crippen LogP contribution in [-0.2, 0) is 11.2 Å². The molecule has 1 aliphatic carbocycles. The molecule has 27 heavy (non-hydrogen) atoms. The number of carbonyl (C=O) groups excluding carboxylic acids is 1. The lowest BCUT2D eigenvalue weighted by Crippen LogP contribution is -2.15. The molecule has 2 aromatic heterocycles. The smallest absolute Gasteiger partial charge is 0.234 e. The fourth-order valence-electron chi connectivity index (χ4n) is 2.71. The Kier molecular flexibility index (Phi) is 5.73. The number of aromatic nitrogens is 3. The molecule has 1 amide bonds. The first-order valence-electron chi connectivity index (χ1n) is 8.44. The molecule has 0 saturated heterocycles. The third kappa shape index (κ3) is 4.48. The van der Waals surface area contributed by atoms with Gasteiger partial charge in [-0.15, -0.1) is 21.5 Å². The van der Waals surface area contributed by atoms with Crippen LogP contribution in [0.3, 0.4) is 0 Å². The van der Waals surface area contributed by atoms with Crippen molar-refractivity contribution in [3.8, 4) is 0 Å². The molecule has 0 atom stereocenters. The van der Waals surface area contributed by atoms with Crippen LogP contribution >= 0.6 is 46.3 Å². The summed E-state index contributed by atoms with van der Waals surface area (Å²) in [6.45, 7) is 0. The van der Waals surface area contributed by atoms with Crippen molar-refractivity contribution in [1.82, 2.24) is 14.8 Å². The number of anilines is 1. The van der Waals surface area contributed by atoms with E-state index in [1.165, 1.54) is 16.6 Å². The molecule has 140 valence electrons. The molecule has 0 spiro atoms. The monoisotopic (exact) mass is 438 g/mol. The molecule has 4 rings (SSSR count). The molecule has 1 N–H and O–H groups in total. The Hall–Kier alpha value is -1.54. The number of hydrogen-bond donors (Lipinski definition) is 1. The van der Waals surface area contributed by atoms with Gasteiger partial charge in [0.1, 0.15) is 5.82 Å². The zero-order chi connectivity index (χ0) is 18.8. The van der Waals surface area contributed by atoms with Crippen molar-refractivity contribution < 1.29 is 4.79 Å². The summed E-state index contributed by atoms with van der Waals surface area (Å²) in [5.74, 6) is 1.03. The molecular weight excluding hydrogens is 423 g/mol. The second-order valence-electron chi connectivity index (χ2n) is 6.19. The van der Waals surface area contributed by atoms with E-state index < -0.39 is 0 Å². The Morgan fingerprint density at radius 3 is 2.85 bits per heavy atom. The highest BCUT2D eigenvalue weighted by atomic mass is 35.5. The number of nitrogens with one attached hydrogen (secondary N) is 1. The van der Waals surface area contributed by atoms with Gasteiger partial charge in [0.25, 0.3) is 0 Å². The summed E-state index contributed by atoms with van der Waals surface area (Å²) in [6.07, 6.45) is 3.03. The maximum Gasteiger partial charge on any atom is 0.234 e. The Labute approximate surface area is 175 Å². The van der Waals surface area contributed by atoms with Gasteiger partial charge < -0.3 is 9.88 Å². The molecule has 1 saturated carbocycles. The van der Waals surface area contributed by atoms with Crippen LogP contribution in [0.15, 0.2) is 40.9 Å². The molecule has 1 fully saturated rings. The Balaban J connectivity index is 1.43. The summed E-state index contributed by atoms with van der Waals surface area (Å²) >= 11 is 15.2. The van der Waals surface area contributed by atoms with E-state index in [4.69, 9.17) is 23.2 Å². The van der Waals surface area contributed by atoms with Gasteiger partial charge in [0.2, 0.25) is 5.91 Å². The maximum atomic E-state index is 12.3. The number of benzene rings is 1. The molecule has 0 aliphatic heterocycles. The van der Waals surface area contributed by atoms with Crippen LogP contribution in [0.1, 0.15) is 29.6 Å². The van der Waals surface area contributed by atoms with E-state index in [0.717, 1.165) is 30.2 Å². The summed E-state index contributed by atoms with van der Waals surface area (Å²) in [5, 5.41) is 15.1. The van der Waals surface area contributed by atoms with Crippen molar-refractivity contribution in [2.45, 2.75) is 30.5 Å². The third-order valence-electron chi connectivity index (χ3n) is 4.12. The van der Waals surface area contributed by atoms with Crippen molar-refractivity contribution in [2.24, 2.45) is 0 Å². The first kappa shape index (κ1) is 18.8. The summed E-state index contributed by atoms with van der Waals surface area (Å²) < 4.78 is 2.18. The molecular formula is C18H16Cl2N4OS2. The third-order valence-corrected chi connectivity index (χ3v) is 6.76. The molecule has 3 aromatic rings. The van der Waals surface area contributed by atoms with Crippen LogP contribution in [-0.4, -0.2) is 26.4 Å². The number of carbonyl (C=O) groups is 1. The SMILES string of the molecule is O=C(CSc1nnc(Cc2cccs2)n1C1CC1)Nc1cccc(Cl)c1Cl. The zero-order valence-corrected chi connectivity index (χ0v) is 17.3. The van der Waals surface area contributed by atoms with Crippen molar-refractivity contribution in [2.75, 3.05) is 11.1 Å². The Morgan fingerprint density at radius 1 is 1.26 bits per heavy atom. The van der Waals surface area contributed by atoms with Crippen LogP contribution in [0.4, 0.5) is 5.69 Å². The van der Waals surface area contributed by atoms with E-state index in [0.29, 0.717) is 21.8 Å². The lowest BCUT2D eigenvalue weighted by molar-refractivity contribution is -0.113. The van der Waals surface area contributed by atoms with E-state index in [1.807, 2.05) is 6.07 Å². The van der Waals surface area contributed by atoms with Gasteiger partial charge in [0.05, 0.1) is 21.5 Å². The number of nitrogens with zero attached hydrogens (tertiary/aromatic N) is 3. The average molecular weight is 439 g/mol. The van der Waals surface area contributed by atoms with Gasteiger partial charge in [-0.3, -0.25) is 4.79 Å². The molecule has 2 heterocycles. The minimum atomic E-state index is -0.158. The predicted molar refractivity (Wildman–Crippen MR) is 111 cm³/mol. The number of amides is 1. The molecule has 5 nitrogen and oxygen atoms in total. The van der Waals surface area contributed by atoms with Gasteiger partial charge in [0, 0.05) is 17.3 Å². The van der Waals surface area contributed by atoms with Gasteiger partial charge in [-0.05, 0) is 36.4 Å². The normalized spacial score (nSPS) is 13.7.